The van der Waals surface area contributed by atoms with Gasteiger partial charge in [0.15, 0.2) is 9.84 Å². The first-order chi connectivity index (χ1) is 10.4. The molecule has 0 saturated carbocycles. The second-order valence-corrected chi connectivity index (χ2v) is 8.05. The van der Waals surface area contributed by atoms with E-state index < -0.39 is 9.84 Å². The summed E-state index contributed by atoms with van der Waals surface area (Å²) in [7, 11) is -3.05. The van der Waals surface area contributed by atoms with E-state index >= 15 is 0 Å². The molecule has 1 aliphatic heterocycles. The van der Waals surface area contributed by atoms with Crippen LogP contribution in [0.2, 0.25) is 0 Å². The minimum atomic E-state index is -3.05. The van der Waals surface area contributed by atoms with Gasteiger partial charge in [0.1, 0.15) is 0 Å². The van der Waals surface area contributed by atoms with Crippen molar-refractivity contribution < 1.29 is 13.2 Å². The summed E-state index contributed by atoms with van der Waals surface area (Å²) < 4.78 is 22.6. The molecular weight excluding hydrogens is 336 g/mol. The first kappa shape index (κ1) is 19.9. The Balaban J connectivity index is 0.00000264. The summed E-state index contributed by atoms with van der Waals surface area (Å²) in [6.07, 6.45) is 3.12. The number of rotatable bonds is 6. The van der Waals surface area contributed by atoms with Crippen LogP contribution in [0.1, 0.15) is 35.7 Å². The van der Waals surface area contributed by atoms with Crippen LogP contribution >= 0.6 is 12.4 Å². The third-order valence-corrected chi connectivity index (χ3v) is 4.69. The molecule has 0 aliphatic carbocycles. The normalized spacial score (nSPS) is 17.6. The maximum atomic E-state index is 12.7. The van der Waals surface area contributed by atoms with Gasteiger partial charge in [-0.3, -0.25) is 4.79 Å². The van der Waals surface area contributed by atoms with Crippen LogP contribution in [-0.4, -0.2) is 51.2 Å². The van der Waals surface area contributed by atoms with Crippen molar-refractivity contribution in [1.82, 2.24) is 10.2 Å². The monoisotopic (exact) mass is 360 g/mol. The van der Waals surface area contributed by atoms with Gasteiger partial charge < -0.3 is 10.2 Å². The lowest BCUT2D eigenvalue weighted by Crippen LogP contribution is -2.42. The highest BCUT2D eigenvalue weighted by Crippen LogP contribution is 2.15. The molecular formula is C16H25ClN2O3S. The van der Waals surface area contributed by atoms with Crippen LogP contribution in [0.5, 0.6) is 0 Å². The van der Waals surface area contributed by atoms with Crippen molar-refractivity contribution in [1.29, 1.82) is 0 Å². The molecule has 1 fully saturated rings. The molecule has 1 atom stereocenters. The summed E-state index contributed by atoms with van der Waals surface area (Å²) in [6, 6.07) is 7.17. The van der Waals surface area contributed by atoms with Crippen molar-refractivity contribution in [3.63, 3.8) is 0 Å². The number of sulfone groups is 1. The molecule has 1 aliphatic rings. The molecule has 2 rings (SSSR count). The number of benzene rings is 1. The van der Waals surface area contributed by atoms with Crippen LogP contribution in [0, 0.1) is 0 Å². The Morgan fingerprint density at radius 3 is 2.43 bits per heavy atom. The van der Waals surface area contributed by atoms with Gasteiger partial charge in [-0.15, -0.1) is 12.4 Å². The molecule has 1 saturated heterocycles. The molecule has 130 valence electrons. The molecule has 1 unspecified atom stereocenters. The standard InChI is InChI=1S/C16H24N2O3S.ClH/c1-3-10-18(15-8-9-17-11-15)16(19)14-6-4-13(5-7-14)12-22(2,20)21;/h4-7,15,17H,3,8-12H2,1-2H3;1H. The Hall–Kier alpha value is -1.11. The van der Waals surface area contributed by atoms with E-state index in [4.69, 9.17) is 0 Å². The number of nitrogens with zero attached hydrogens (tertiary/aromatic N) is 1. The van der Waals surface area contributed by atoms with Crippen LogP contribution in [-0.2, 0) is 15.6 Å². The molecule has 0 radical (unpaired) electrons. The Morgan fingerprint density at radius 1 is 1.30 bits per heavy atom. The largest absolute Gasteiger partial charge is 0.334 e. The van der Waals surface area contributed by atoms with Crippen molar-refractivity contribution in [3.05, 3.63) is 35.4 Å². The zero-order valence-corrected chi connectivity index (χ0v) is 15.3. The first-order valence-electron chi connectivity index (χ1n) is 7.69. The number of carbonyl (C=O) groups is 1. The summed E-state index contributed by atoms with van der Waals surface area (Å²) in [4.78, 5) is 14.6. The van der Waals surface area contributed by atoms with Crippen molar-refractivity contribution in [2.45, 2.75) is 31.6 Å². The second-order valence-electron chi connectivity index (χ2n) is 5.91. The molecule has 1 heterocycles. The van der Waals surface area contributed by atoms with Gasteiger partial charge in [0.25, 0.3) is 5.91 Å². The quantitative estimate of drug-likeness (QED) is 0.841. The number of hydrogen-bond donors (Lipinski definition) is 1. The third kappa shape index (κ3) is 5.79. The van der Waals surface area contributed by atoms with Gasteiger partial charge in [0, 0.05) is 31.0 Å². The molecule has 7 heteroatoms. The van der Waals surface area contributed by atoms with E-state index in [1.54, 1.807) is 24.3 Å². The Bertz CT molecular complexity index is 611. The SMILES string of the molecule is CCCN(C(=O)c1ccc(CS(C)(=O)=O)cc1)C1CCNC1.Cl. The van der Waals surface area contributed by atoms with Crippen molar-refractivity contribution in [2.75, 3.05) is 25.9 Å². The van der Waals surface area contributed by atoms with Gasteiger partial charge in [-0.1, -0.05) is 19.1 Å². The van der Waals surface area contributed by atoms with E-state index in [-0.39, 0.29) is 30.1 Å². The highest BCUT2D eigenvalue weighted by molar-refractivity contribution is 7.89. The summed E-state index contributed by atoms with van der Waals surface area (Å²) >= 11 is 0. The molecule has 0 aromatic heterocycles. The van der Waals surface area contributed by atoms with Gasteiger partial charge >= 0.3 is 0 Å². The highest BCUT2D eigenvalue weighted by atomic mass is 35.5. The lowest BCUT2D eigenvalue weighted by atomic mass is 10.1. The lowest BCUT2D eigenvalue weighted by Gasteiger charge is -2.28. The molecule has 1 aromatic rings. The number of carbonyl (C=O) groups excluding carboxylic acids is 1. The van der Waals surface area contributed by atoms with E-state index in [2.05, 4.69) is 12.2 Å². The minimum Gasteiger partial charge on any atom is -0.334 e. The van der Waals surface area contributed by atoms with Crippen LogP contribution in [0.4, 0.5) is 0 Å². The lowest BCUT2D eigenvalue weighted by molar-refractivity contribution is 0.0692. The molecule has 1 N–H and O–H groups in total. The first-order valence-corrected chi connectivity index (χ1v) is 9.75. The fraction of sp³-hybridized carbons (Fsp3) is 0.562. The predicted octanol–water partition coefficient (Wildman–Crippen LogP) is 1.87. The molecule has 1 aromatic carbocycles. The molecule has 1 amide bonds. The van der Waals surface area contributed by atoms with Crippen molar-refractivity contribution in [3.8, 4) is 0 Å². The number of amides is 1. The van der Waals surface area contributed by atoms with Crippen molar-refractivity contribution >= 4 is 28.2 Å². The van der Waals surface area contributed by atoms with Gasteiger partial charge in [-0.05, 0) is 37.1 Å². The Morgan fingerprint density at radius 2 is 1.96 bits per heavy atom. The highest BCUT2D eigenvalue weighted by Gasteiger charge is 2.26. The average Bonchev–Trinajstić information content (AvgIpc) is 2.97. The Kier molecular flexibility index (Phi) is 7.51. The number of hydrogen-bond acceptors (Lipinski definition) is 4. The van der Waals surface area contributed by atoms with Gasteiger partial charge in [0.2, 0.25) is 0 Å². The summed E-state index contributed by atoms with van der Waals surface area (Å²) in [6.45, 7) is 4.61. The van der Waals surface area contributed by atoms with Crippen LogP contribution < -0.4 is 5.32 Å². The average molecular weight is 361 g/mol. The molecule has 0 bridgehead atoms. The maximum Gasteiger partial charge on any atom is 0.254 e. The molecule has 0 spiro atoms. The maximum absolute atomic E-state index is 12.7. The topological polar surface area (TPSA) is 66.5 Å². The van der Waals surface area contributed by atoms with E-state index in [0.29, 0.717) is 11.1 Å². The van der Waals surface area contributed by atoms with E-state index in [9.17, 15) is 13.2 Å². The third-order valence-electron chi connectivity index (χ3n) is 3.83. The van der Waals surface area contributed by atoms with E-state index in [1.807, 2.05) is 4.90 Å². The second kappa shape index (κ2) is 8.66. The summed E-state index contributed by atoms with van der Waals surface area (Å²) in [5.41, 5.74) is 1.33. The van der Waals surface area contributed by atoms with Crippen LogP contribution in [0.25, 0.3) is 0 Å². The van der Waals surface area contributed by atoms with E-state index in [1.165, 1.54) is 6.26 Å². The van der Waals surface area contributed by atoms with Crippen LogP contribution in [0.3, 0.4) is 0 Å². The van der Waals surface area contributed by atoms with Gasteiger partial charge in [0.05, 0.1) is 5.75 Å². The zero-order chi connectivity index (χ0) is 16.2. The van der Waals surface area contributed by atoms with Gasteiger partial charge in [-0.2, -0.15) is 0 Å². The Labute approximate surface area is 144 Å². The molecule has 5 nitrogen and oxygen atoms in total. The fourth-order valence-electron chi connectivity index (χ4n) is 2.81. The van der Waals surface area contributed by atoms with Gasteiger partial charge in [-0.25, -0.2) is 8.42 Å². The van der Waals surface area contributed by atoms with Crippen molar-refractivity contribution in [2.24, 2.45) is 0 Å². The number of nitrogens with one attached hydrogen (secondary N) is 1. The smallest absolute Gasteiger partial charge is 0.254 e. The fourth-order valence-corrected chi connectivity index (χ4v) is 3.61. The molecule has 23 heavy (non-hydrogen) atoms. The summed E-state index contributed by atoms with van der Waals surface area (Å²) in [5.74, 6) is 0.0358. The predicted molar refractivity (Wildman–Crippen MR) is 94.8 cm³/mol. The van der Waals surface area contributed by atoms with E-state index in [0.717, 1.165) is 32.5 Å². The minimum absolute atomic E-state index is 0. The van der Waals surface area contributed by atoms with Crippen LogP contribution in [0.15, 0.2) is 24.3 Å². The summed E-state index contributed by atoms with van der Waals surface area (Å²) in [5, 5.41) is 3.29. The number of halogens is 1. The zero-order valence-electron chi connectivity index (χ0n) is 13.6.